The van der Waals surface area contributed by atoms with Crippen LogP contribution < -0.4 is 0 Å². The van der Waals surface area contributed by atoms with E-state index in [1.165, 1.54) is 5.56 Å². The zero-order chi connectivity index (χ0) is 10.8. The van der Waals surface area contributed by atoms with Gasteiger partial charge in [0.25, 0.3) is 0 Å². The third-order valence-corrected chi connectivity index (χ3v) is 2.65. The summed E-state index contributed by atoms with van der Waals surface area (Å²) >= 11 is 0. The van der Waals surface area contributed by atoms with Gasteiger partial charge < -0.3 is 9.67 Å². The van der Waals surface area contributed by atoms with Crippen LogP contribution in [-0.2, 0) is 6.54 Å². The Morgan fingerprint density at radius 2 is 2.20 bits per heavy atom. The molecule has 0 aliphatic carbocycles. The van der Waals surface area contributed by atoms with E-state index in [1.54, 1.807) is 6.33 Å². The van der Waals surface area contributed by atoms with E-state index >= 15 is 0 Å². The predicted octanol–water partition coefficient (Wildman–Crippen LogP) is 2.15. The Morgan fingerprint density at radius 1 is 1.40 bits per heavy atom. The maximum Gasteiger partial charge on any atom is 0.0959 e. The number of rotatable bonds is 3. The summed E-state index contributed by atoms with van der Waals surface area (Å²) in [5.74, 6) is 0.525. The highest BCUT2D eigenvalue weighted by Gasteiger charge is 2.05. The minimum absolute atomic E-state index is 0.150. The molecule has 0 saturated heterocycles. The normalized spacial score (nSPS) is 11.5. The average Bonchev–Trinajstić information content (AvgIpc) is 2.61. The van der Waals surface area contributed by atoms with E-state index in [1.807, 2.05) is 4.57 Å². The molecule has 0 unspecified atom stereocenters. The highest BCUT2D eigenvalue weighted by Crippen LogP contribution is 2.20. The molecular weight excluding hydrogens is 188 g/mol. The summed E-state index contributed by atoms with van der Waals surface area (Å²) < 4.78 is 1.97. The number of imidazole rings is 1. The van der Waals surface area contributed by atoms with Crippen LogP contribution in [0.1, 0.15) is 25.3 Å². The van der Waals surface area contributed by atoms with Crippen molar-refractivity contribution in [2.45, 2.75) is 26.3 Å². The van der Waals surface area contributed by atoms with Gasteiger partial charge in [-0.2, -0.15) is 0 Å². The molecular formula is C12H16N2O. The zero-order valence-corrected chi connectivity index (χ0v) is 9.14. The number of aliphatic hydroxyl groups is 1. The lowest BCUT2D eigenvalue weighted by atomic mass is 10.0. The van der Waals surface area contributed by atoms with E-state index in [2.05, 4.69) is 37.0 Å². The Labute approximate surface area is 89.4 Å². The molecule has 0 amide bonds. The Kier molecular flexibility index (Phi) is 2.73. The molecule has 0 atom stereocenters. The molecule has 0 aliphatic rings. The number of aliphatic hydroxyl groups excluding tert-OH is 1. The first-order valence-electron chi connectivity index (χ1n) is 5.28. The number of benzene rings is 1. The zero-order valence-electron chi connectivity index (χ0n) is 9.14. The summed E-state index contributed by atoms with van der Waals surface area (Å²) in [4.78, 5) is 4.33. The lowest BCUT2D eigenvalue weighted by Gasteiger charge is -2.05. The van der Waals surface area contributed by atoms with Crippen molar-refractivity contribution in [1.29, 1.82) is 0 Å². The molecule has 3 heteroatoms. The number of hydrogen-bond donors (Lipinski definition) is 1. The smallest absolute Gasteiger partial charge is 0.0959 e. The van der Waals surface area contributed by atoms with Gasteiger partial charge in [-0.05, 0) is 23.6 Å². The summed E-state index contributed by atoms with van der Waals surface area (Å²) in [6, 6.07) is 6.32. The van der Waals surface area contributed by atoms with Crippen molar-refractivity contribution in [1.82, 2.24) is 9.55 Å². The largest absolute Gasteiger partial charge is 0.395 e. The molecule has 0 fully saturated rings. The van der Waals surface area contributed by atoms with Crippen LogP contribution in [0.15, 0.2) is 24.5 Å². The van der Waals surface area contributed by atoms with Gasteiger partial charge in [0, 0.05) is 6.54 Å². The lowest BCUT2D eigenvalue weighted by molar-refractivity contribution is 0.278. The molecule has 1 N–H and O–H groups in total. The molecule has 15 heavy (non-hydrogen) atoms. The number of nitrogens with zero attached hydrogens (tertiary/aromatic N) is 2. The summed E-state index contributed by atoms with van der Waals surface area (Å²) in [5, 5.41) is 8.89. The van der Waals surface area contributed by atoms with E-state index in [0.29, 0.717) is 12.5 Å². The van der Waals surface area contributed by atoms with Gasteiger partial charge in [0.15, 0.2) is 0 Å². The van der Waals surface area contributed by atoms with Crippen molar-refractivity contribution in [2.24, 2.45) is 0 Å². The number of hydrogen-bond acceptors (Lipinski definition) is 2. The van der Waals surface area contributed by atoms with Crippen molar-refractivity contribution < 1.29 is 5.11 Å². The molecule has 2 rings (SSSR count). The fourth-order valence-corrected chi connectivity index (χ4v) is 1.73. The van der Waals surface area contributed by atoms with E-state index in [-0.39, 0.29) is 6.61 Å². The summed E-state index contributed by atoms with van der Waals surface area (Å²) in [6.07, 6.45) is 1.78. The highest BCUT2D eigenvalue weighted by atomic mass is 16.3. The van der Waals surface area contributed by atoms with Gasteiger partial charge >= 0.3 is 0 Å². The summed E-state index contributed by atoms with van der Waals surface area (Å²) in [5.41, 5.74) is 3.40. The van der Waals surface area contributed by atoms with Crippen LogP contribution in [0.5, 0.6) is 0 Å². The lowest BCUT2D eigenvalue weighted by Crippen LogP contribution is -1.99. The Bertz CT molecular complexity index is 460. The van der Waals surface area contributed by atoms with Crippen LogP contribution in [0.4, 0.5) is 0 Å². The topological polar surface area (TPSA) is 38.0 Å². The number of fused-ring (bicyclic) bond motifs is 1. The first-order valence-corrected chi connectivity index (χ1v) is 5.28. The summed E-state index contributed by atoms with van der Waals surface area (Å²) in [6.45, 7) is 5.10. The van der Waals surface area contributed by atoms with Gasteiger partial charge in [-0.25, -0.2) is 4.98 Å². The van der Waals surface area contributed by atoms with Gasteiger partial charge in [0.2, 0.25) is 0 Å². The number of aromatic nitrogens is 2. The molecule has 1 heterocycles. The molecule has 80 valence electrons. The fraction of sp³-hybridized carbons (Fsp3) is 0.417. The first kappa shape index (κ1) is 10.2. The predicted molar refractivity (Wildman–Crippen MR) is 60.9 cm³/mol. The van der Waals surface area contributed by atoms with Crippen LogP contribution >= 0.6 is 0 Å². The van der Waals surface area contributed by atoms with Gasteiger partial charge in [-0.15, -0.1) is 0 Å². The van der Waals surface area contributed by atoms with Crippen LogP contribution in [0, 0.1) is 0 Å². The van der Waals surface area contributed by atoms with E-state index in [4.69, 9.17) is 5.11 Å². The van der Waals surface area contributed by atoms with Crippen molar-refractivity contribution in [3.8, 4) is 0 Å². The van der Waals surface area contributed by atoms with Gasteiger partial charge in [-0.3, -0.25) is 0 Å². The van der Waals surface area contributed by atoms with Crippen LogP contribution in [0.25, 0.3) is 11.0 Å². The highest BCUT2D eigenvalue weighted by molar-refractivity contribution is 5.76. The fourth-order valence-electron chi connectivity index (χ4n) is 1.73. The molecule has 3 nitrogen and oxygen atoms in total. The molecule has 1 aromatic carbocycles. The molecule has 1 aromatic heterocycles. The summed E-state index contributed by atoms with van der Waals surface area (Å²) in [7, 11) is 0. The quantitative estimate of drug-likeness (QED) is 0.832. The van der Waals surface area contributed by atoms with E-state index < -0.39 is 0 Å². The molecule has 0 bridgehead atoms. The molecule has 0 saturated carbocycles. The molecule has 0 radical (unpaired) electrons. The maximum absolute atomic E-state index is 8.89. The molecule has 0 aliphatic heterocycles. The first-order chi connectivity index (χ1) is 7.22. The molecule has 2 aromatic rings. The Balaban J connectivity index is 2.47. The van der Waals surface area contributed by atoms with Crippen LogP contribution in [0.2, 0.25) is 0 Å². The Hall–Kier alpha value is -1.35. The van der Waals surface area contributed by atoms with Gasteiger partial charge in [0.05, 0.1) is 24.0 Å². The average molecular weight is 204 g/mol. The van der Waals surface area contributed by atoms with Crippen molar-refractivity contribution in [2.75, 3.05) is 6.61 Å². The van der Waals surface area contributed by atoms with Gasteiger partial charge in [0.1, 0.15) is 0 Å². The third-order valence-electron chi connectivity index (χ3n) is 2.65. The standard InChI is InChI=1S/C12H16N2O/c1-9(2)10-3-4-12-11(7-10)13-8-14(12)5-6-15/h3-4,7-9,15H,5-6H2,1-2H3. The van der Waals surface area contributed by atoms with Gasteiger partial charge in [-0.1, -0.05) is 19.9 Å². The van der Waals surface area contributed by atoms with E-state index in [9.17, 15) is 0 Å². The minimum atomic E-state index is 0.150. The van der Waals surface area contributed by atoms with Crippen LogP contribution in [0.3, 0.4) is 0 Å². The molecule has 0 spiro atoms. The second-order valence-corrected chi connectivity index (χ2v) is 4.06. The van der Waals surface area contributed by atoms with E-state index in [0.717, 1.165) is 11.0 Å². The minimum Gasteiger partial charge on any atom is -0.395 e. The second kappa shape index (κ2) is 4.03. The third kappa shape index (κ3) is 1.88. The van der Waals surface area contributed by atoms with Crippen molar-refractivity contribution >= 4 is 11.0 Å². The maximum atomic E-state index is 8.89. The SMILES string of the molecule is CC(C)c1ccc2c(c1)ncn2CCO. The van der Waals surface area contributed by atoms with Crippen molar-refractivity contribution in [3.05, 3.63) is 30.1 Å². The van der Waals surface area contributed by atoms with Crippen LogP contribution in [-0.4, -0.2) is 21.3 Å². The van der Waals surface area contributed by atoms with Crippen molar-refractivity contribution in [3.63, 3.8) is 0 Å². The monoisotopic (exact) mass is 204 g/mol. The Morgan fingerprint density at radius 3 is 2.87 bits per heavy atom. The second-order valence-electron chi connectivity index (χ2n) is 4.06.